The van der Waals surface area contributed by atoms with Gasteiger partial charge in [0.1, 0.15) is 0 Å². The first-order chi connectivity index (χ1) is 10.6. The van der Waals surface area contributed by atoms with E-state index in [9.17, 15) is 8.42 Å². The minimum Gasteiger partial charge on any atom is -0.373 e. The summed E-state index contributed by atoms with van der Waals surface area (Å²) in [4.78, 5) is 0.175. The zero-order valence-corrected chi connectivity index (χ0v) is 12.9. The molecule has 3 atom stereocenters. The molecule has 6 nitrogen and oxygen atoms in total. The van der Waals surface area contributed by atoms with Gasteiger partial charge >= 0.3 is 0 Å². The summed E-state index contributed by atoms with van der Waals surface area (Å²) in [5.41, 5.74) is 0.437. The molecule has 2 fully saturated rings. The van der Waals surface area contributed by atoms with Crippen molar-refractivity contribution in [3.63, 3.8) is 0 Å². The molecule has 3 rings (SSSR count). The van der Waals surface area contributed by atoms with E-state index < -0.39 is 10.0 Å². The molecule has 118 valence electrons. The molecule has 1 aliphatic heterocycles. The molecule has 0 spiro atoms. The second kappa shape index (κ2) is 6.34. The standard InChI is InChI=1S/C15H18N2O4S/c16-10-11-1-4-13(5-2-11)22(18,19)17-12-3-6-14-15(9-12)21-8-7-20-14/h1-2,4-5,12,14-15,17H,3,6-9H2. The molecule has 1 aliphatic carbocycles. The number of hydrogen-bond acceptors (Lipinski definition) is 5. The lowest BCUT2D eigenvalue weighted by atomic mass is 9.90. The minimum absolute atomic E-state index is 0.0313. The van der Waals surface area contributed by atoms with Gasteiger partial charge in [0.05, 0.1) is 41.9 Å². The van der Waals surface area contributed by atoms with E-state index in [-0.39, 0.29) is 23.1 Å². The van der Waals surface area contributed by atoms with Crippen LogP contribution in [0.2, 0.25) is 0 Å². The maximum Gasteiger partial charge on any atom is 0.240 e. The first kappa shape index (κ1) is 15.4. The number of nitrogens with one attached hydrogen (secondary N) is 1. The summed E-state index contributed by atoms with van der Waals surface area (Å²) in [7, 11) is -3.58. The monoisotopic (exact) mass is 322 g/mol. The molecule has 1 aromatic carbocycles. The maximum absolute atomic E-state index is 12.4. The number of nitriles is 1. The highest BCUT2D eigenvalue weighted by molar-refractivity contribution is 7.89. The summed E-state index contributed by atoms with van der Waals surface area (Å²) in [6.45, 7) is 1.18. The molecular weight excluding hydrogens is 304 g/mol. The van der Waals surface area contributed by atoms with Gasteiger partial charge in [0, 0.05) is 6.04 Å². The molecule has 7 heteroatoms. The van der Waals surface area contributed by atoms with Gasteiger partial charge < -0.3 is 9.47 Å². The highest BCUT2D eigenvalue weighted by atomic mass is 32.2. The van der Waals surface area contributed by atoms with Crippen LogP contribution in [0.3, 0.4) is 0 Å². The van der Waals surface area contributed by atoms with Gasteiger partial charge in [-0.1, -0.05) is 0 Å². The fourth-order valence-corrected chi connectivity index (χ4v) is 4.25. The molecule has 1 saturated carbocycles. The van der Waals surface area contributed by atoms with Gasteiger partial charge in [-0.25, -0.2) is 13.1 Å². The van der Waals surface area contributed by atoms with Gasteiger partial charge in [-0.05, 0) is 43.5 Å². The van der Waals surface area contributed by atoms with E-state index in [1.54, 1.807) is 0 Å². The van der Waals surface area contributed by atoms with Gasteiger partial charge in [0.2, 0.25) is 10.0 Å². The van der Waals surface area contributed by atoms with Gasteiger partial charge in [0.15, 0.2) is 0 Å². The molecule has 1 heterocycles. The third-order valence-corrected chi connectivity index (χ3v) is 5.63. The van der Waals surface area contributed by atoms with E-state index in [0.29, 0.717) is 25.2 Å². The van der Waals surface area contributed by atoms with Crippen LogP contribution in [0.1, 0.15) is 24.8 Å². The van der Waals surface area contributed by atoms with Crippen molar-refractivity contribution in [3.8, 4) is 6.07 Å². The number of nitrogens with zero attached hydrogens (tertiary/aromatic N) is 1. The lowest BCUT2D eigenvalue weighted by Crippen LogP contribution is -2.49. The van der Waals surface area contributed by atoms with E-state index in [1.807, 2.05) is 6.07 Å². The van der Waals surface area contributed by atoms with Gasteiger partial charge in [0.25, 0.3) is 0 Å². The summed E-state index contributed by atoms with van der Waals surface area (Å²) in [6, 6.07) is 7.73. The summed E-state index contributed by atoms with van der Waals surface area (Å²) < 4.78 is 38.8. The van der Waals surface area contributed by atoms with Crippen LogP contribution < -0.4 is 4.72 Å². The van der Waals surface area contributed by atoms with E-state index in [1.165, 1.54) is 24.3 Å². The van der Waals surface area contributed by atoms with Crippen molar-refractivity contribution in [1.82, 2.24) is 4.72 Å². The molecule has 2 aliphatic rings. The van der Waals surface area contributed by atoms with Crippen LogP contribution in [0.4, 0.5) is 0 Å². The average Bonchev–Trinajstić information content (AvgIpc) is 2.54. The van der Waals surface area contributed by atoms with Crippen LogP contribution in [0, 0.1) is 11.3 Å². The second-order valence-corrected chi connectivity index (χ2v) is 7.30. The predicted molar refractivity (Wildman–Crippen MR) is 78.6 cm³/mol. The second-order valence-electron chi connectivity index (χ2n) is 5.59. The Morgan fingerprint density at radius 1 is 1.09 bits per heavy atom. The predicted octanol–water partition coefficient (Wildman–Crippen LogP) is 1.17. The van der Waals surface area contributed by atoms with Gasteiger partial charge in [-0.2, -0.15) is 5.26 Å². The Hall–Kier alpha value is -1.46. The van der Waals surface area contributed by atoms with Crippen molar-refractivity contribution < 1.29 is 17.9 Å². The smallest absolute Gasteiger partial charge is 0.240 e. The summed E-state index contributed by atoms with van der Waals surface area (Å²) in [5.74, 6) is 0. The Labute approximate surface area is 130 Å². The van der Waals surface area contributed by atoms with Gasteiger partial charge in [-0.15, -0.1) is 0 Å². The van der Waals surface area contributed by atoms with Crippen LogP contribution >= 0.6 is 0 Å². The van der Waals surface area contributed by atoms with E-state index in [0.717, 1.165) is 12.8 Å². The Morgan fingerprint density at radius 2 is 1.77 bits per heavy atom. The highest BCUT2D eigenvalue weighted by Crippen LogP contribution is 2.27. The van der Waals surface area contributed by atoms with Crippen molar-refractivity contribution in [2.45, 2.75) is 42.4 Å². The fourth-order valence-electron chi connectivity index (χ4n) is 2.97. The minimum atomic E-state index is -3.58. The molecule has 0 radical (unpaired) electrons. The molecule has 1 aromatic rings. The van der Waals surface area contributed by atoms with Crippen molar-refractivity contribution in [2.75, 3.05) is 13.2 Å². The Morgan fingerprint density at radius 3 is 2.45 bits per heavy atom. The zero-order chi connectivity index (χ0) is 15.6. The van der Waals surface area contributed by atoms with Crippen LogP contribution in [0.15, 0.2) is 29.2 Å². The van der Waals surface area contributed by atoms with Crippen molar-refractivity contribution >= 4 is 10.0 Å². The first-order valence-electron chi connectivity index (χ1n) is 7.34. The fraction of sp³-hybridized carbons (Fsp3) is 0.533. The molecule has 22 heavy (non-hydrogen) atoms. The van der Waals surface area contributed by atoms with Crippen molar-refractivity contribution in [2.24, 2.45) is 0 Å². The van der Waals surface area contributed by atoms with Crippen LogP contribution in [0.5, 0.6) is 0 Å². The number of sulfonamides is 1. The highest BCUT2D eigenvalue weighted by Gasteiger charge is 2.35. The first-order valence-corrected chi connectivity index (χ1v) is 8.82. The lowest BCUT2D eigenvalue weighted by Gasteiger charge is -2.38. The normalized spacial score (nSPS) is 28.6. The number of rotatable bonds is 3. The topological polar surface area (TPSA) is 88.4 Å². The zero-order valence-electron chi connectivity index (χ0n) is 12.1. The van der Waals surface area contributed by atoms with E-state index in [2.05, 4.69) is 4.72 Å². The quantitative estimate of drug-likeness (QED) is 0.902. The SMILES string of the molecule is N#Cc1ccc(S(=O)(=O)NC2CCC3OCCOC3C2)cc1. The molecule has 0 aromatic heterocycles. The summed E-state index contributed by atoms with van der Waals surface area (Å²) in [6.07, 6.45) is 2.21. The summed E-state index contributed by atoms with van der Waals surface area (Å²) in [5, 5.41) is 8.76. The molecule has 3 unspecified atom stereocenters. The Bertz CT molecular complexity index is 666. The Kier molecular flexibility index (Phi) is 4.45. The van der Waals surface area contributed by atoms with Crippen LogP contribution in [-0.2, 0) is 19.5 Å². The maximum atomic E-state index is 12.4. The molecular formula is C15H18N2O4S. The van der Waals surface area contributed by atoms with E-state index >= 15 is 0 Å². The molecule has 1 N–H and O–H groups in total. The summed E-state index contributed by atoms with van der Waals surface area (Å²) >= 11 is 0. The van der Waals surface area contributed by atoms with Crippen molar-refractivity contribution in [1.29, 1.82) is 5.26 Å². The number of ether oxygens (including phenoxy) is 2. The van der Waals surface area contributed by atoms with Gasteiger partial charge in [-0.3, -0.25) is 0 Å². The Balaban J connectivity index is 1.67. The lowest BCUT2D eigenvalue weighted by molar-refractivity contribution is -0.156. The van der Waals surface area contributed by atoms with Crippen LogP contribution in [0.25, 0.3) is 0 Å². The average molecular weight is 322 g/mol. The van der Waals surface area contributed by atoms with Crippen LogP contribution in [-0.4, -0.2) is 39.9 Å². The van der Waals surface area contributed by atoms with E-state index in [4.69, 9.17) is 14.7 Å². The largest absolute Gasteiger partial charge is 0.373 e. The van der Waals surface area contributed by atoms with Crippen molar-refractivity contribution in [3.05, 3.63) is 29.8 Å². The third-order valence-electron chi connectivity index (χ3n) is 4.09. The molecule has 0 bridgehead atoms. The molecule has 0 amide bonds. The number of fused-ring (bicyclic) bond motifs is 1. The third kappa shape index (κ3) is 3.31. The number of hydrogen-bond donors (Lipinski definition) is 1. The number of benzene rings is 1. The molecule has 1 saturated heterocycles.